The summed E-state index contributed by atoms with van der Waals surface area (Å²) in [5.41, 5.74) is 2.52. The average Bonchev–Trinajstić information content (AvgIpc) is 3.24. The molecule has 0 bridgehead atoms. The Morgan fingerprint density at radius 3 is 2.81 bits per heavy atom. The molecule has 0 spiro atoms. The predicted octanol–water partition coefficient (Wildman–Crippen LogP) is 4.15. The Morgan fingerprint density at radius 2 is 2.06 bits per heavy atom. The van der Waals surface area contributed by atoms with Crippen LogP contribution in [-0.4, -0.2) is 54.1 Å². The van der Waals surface area contributed by atoms with E-state index in [1.54, 1.807) is 0 Å². The van der Waals surface area contributed by atoms with Gasteiger partial charge in [0, 0.05) is 30.2 Å². The molecule has 1 aromatic carbocycles. The summed E-state index contributed by atoms with van der Waals surface area (Å²) < 4.78 is 6.38. The molecule has 0 amide bonds. The van der Waals surface area contributed by atoms with Gasteiger partial charge in [-0.2, -0.15) is 0 Å². The van der Waals surface area contributed by atoms with Crippen molar-refractivity contribution in [3.05, 3.63) is 41.5 Å². The fraction of sp³-hybridized carbons (Fsp3) is 0.630. The van der Waals surface area contributed by atoms with Crippen LogP contribution in [0, 0.1) is 23.7 Å². The summed E-state index contributed by atoms with van der Waals surface area (Å²) in [6.45, 7) is 4.96. The van der Waals surface area contributed by atoms with Gasteiger partial charge in [-0.1, -0.05) is 43.7 Å². The molecule has 1 heterocycles. The topological polar surface area (TPSA) is 52.9 Å². The molecule has 1 aromatic rings. The van der Waals surface area contributed by atoms with E-state index < -0.39 is 12.2 Å². The molecule has 2 N–H and O–H groups in total. The van der Waals surface area contributed by atoms with Crippen LogP contribution in [0.5, 0.6) is 5.75 Å². The van der Waals surface area contributed by atoms with Crippen LogP contribution in [0.25, 0.3) is 0 Å². The van der Waals surface area contributed by atoms with E-state index in [9.17, 15) is 10.2 Å². The first-order valence-electron chi connectivity index (χ1n) is 11.8. The molecule has 4 nitrogen and oxygen atoms in total. The number of aryl methyl sites for hydroxylation is 1. The zero-order valence-electron chi connectivity index (χ0n) is 19.6. The van der Waals surface area contributed by atoms with Crippen LogP contribution in [0.4, 0.5) is 0 Å². The van der Waals surface area contributed by atoms with Crippen LogP contribution in [0.2, 0.25) is 0 Å². The second-order valence-corrected chi connectivity index (χ2v) is 9.50. The van der Waals surface area contributed by atoms with Crippen molar-refractivity contribution in [3.63, 3.8) is 0 Å². The summed E-state index contributed by atoms with van der Waals surface area (Å²) in [5.74, 6) is 7.17. The van der Waals surface area contributed by atoms with Gasteiger partial charge in [-0.15, -0.1) is 11.8 Å². The maximum absolute atomic E-state index is 10.7. The fourth-order valence-corrected chi connectivity index (χ4v) is 4.90. The molecule has 0 radical (unpaired) electrons. The molecule has 4 heteroatoms. The number of fused-ring (bicyclic) bond motifs is 3. The Labute approximate surface area is 188 Å². The molecular weight excluding hydrogens is 386 g/mol. The molecular formula is C27H39NO3. The molecule has 0 unspecified atom stereocenters. The fourth-order valence-electron chi connectivity index (χ4n) is 4.90. The Kier molecular flexibility index (Phi) is 8.60. The van der Waals surface area contributed by atoms with Crippen molar-refractivity contribution in [2.45, 2.75) is 76.6 Å². The number of unbranched alkanes of at least 4 members (excludes halogenated alkanes) is 2. The van der Waals surface area contributed by atoms with Gasteiger partial charge in [0.05, 0.1) is 12.2 Å². The number of rotatable bonds is 10. The van der Waals surface area contributed by atoms with Gasteiger partial charge in [0.15, 0.2) is 0 Å². The van der Waals surface area contributed by atoms with Gasteiger partial charge in [-0.25, -0.2) is 0 Å². The number of benzene rings is 1. The third kappa shape index (κ3) is 5.92. The van der Waals surface area contributed by atoms with E-state index in [-0.39, 0.29) is 23.9 Å². The summed E-state index contributed by atoms with van der Waals surface area (Å²) in [6, 6.07) is 6.48. The van der Waals surface area contributed by atoms with Crippen LogP contribution in [0.15, 0.2) is 30.4 Å². The molecule has 31 heavy (non-hydrogen) atoms. The first-order chi connectivity index (χ1) is 14.9. The van der Waals surface area contributed by atoms with Gasteiger partial charge in [0.1, 0.15) is 11.9 Å². The van der Waals surface area contributed by atoms with Crippen molar-refractivity contribution in [1.82, 2.24) is 4.90 Å². The molecule has 1 fully saturated rings. The standard InChI is InChI=1S/C27H39NO3/c1-5-6-11-19(2)23(29)16-15-21-24(30)18-25-26(21)22-14-10-13-20(27(22)31-25)12-8-7-9-17-28(3)4/h10,13-16,19,21,23-26,29-30H,7-9,11-12,17-18H2,1-4H3/t19-,21+,23-,24-,25+,26+/m1/s1. The maximum atomic E-state index is 10.7. The highest BCUT2D eigenvalue weighted by molar-refractivity contribution is 5.49. The first-order valence-corrected chi connectivity index (χ1v) is 11.8. The summed E-state index contributed by atoms with van der Waals surface area (Å²) in [4.78, 5) is 2.23. The molecule has 1 aliphatic heterocycles. The molecule has 6 atom stereocenters. The minimum absolute atomic E-state index is 0.0232. The Balaban J connectivity index is 1.67. The van der Waals surface area contributed by atoms with Gasteiger partial charge in [0.25, 0.3) is 0 Å². The van der Waals surface area contributed by atoms with Crippen LogP contribution in [0.1, 0.15) is 63.0 Å². The number of nitrogens with zero attached hydrogens (tertiary/aromatic N) is 1. The molecule has 0 saturated heterocycles. The molecule has 1 saturated carbocycles. The van der Waals surface area contributed by atoms with Gasteiger partial charge in [0.2, 0.25) is 0 Å². The number of hydrogen-bond donors (Lipinski definition) is 2. The van der Waals surface area contributed by atoms with E-state index >= 15 is 0 Å². The lowest BCUT2D eigenvalue weighted by Gasteiger charge is -2.19. The number of para-hydroxylation sites is 1. The van der Waals surface area contributed by atoms with Crippen molar-refractivity contribution in [1.29, 1.82) is 0 Å². The number of hydrogen-bond acceptors (Lipinski definition) is 4. The van der Waals surface area contributed by atoms with Crippen LogP contribution >= 0.6 is 0 Å². The Hall–Kier alpha value is -1.80. The molecule has 3 rings (SSSR count). The first kappa shape index (κ1) is 23.9. The second kappa shape index (κ2) is 11.2. The van der Waals surface area contributed by atoms with E-state index in [0.29, 0.717) is 12.8 Å². The SMILES string of the molecule is CC#CC[C@@H](C)[C@H](O)C=C[C@@H]1[C@H]2c3cccc(CCCCCN(C)C)c3O[C@H]2C[C@H]1O. The second-order valence-electron chi connectivity index (χ2n) is 9.50. The molecule has 170 valence electrons. The highest BCUT2D eigenvalue weighted by Crippen LogP contribution is 2.52. The van der Waals surface area contributed by atoms with E-state index in [2.05, 4.69) is 49.0 Å². The average molecular weight is 426 g/mol. The highest BCUT2D eigenvalue weighted by Gasteiger charge is 2.48. The van der Waals surface area contributed by atoms with Gasteiger partial charge in [-0.05, 0) is 58.3 Å². The maximum Gasteiger partial charge on any atom is 0.126 e. The van der Waals surface area contributed by atoms with Crippen LogP contribution in [0.3, 0.4) is 0 Å². The molecule has 1 aliphatic carbocycles. The van der Waals surface area contributed by atoms with Gasteiger partial charge in [-0.3, -0.25) is 0 Å². The van der Waals surface area contributed by atoms with E-state index in [0.717, 1.165) is 18.7 Å². The lowest BCUT2D eigenvalue weighted by Crippen LogP contribution is -2.19. The molecule has 2 aliphatic rings. The lowest BCUT2D eigenvalue weighted by molar-refractivity contribution is 0.134. The van der Waals surface area contributed by atoms with Crippen molar-refractivity contribution in [2.24, 2.45) is 11.8 Å². The summed E-state index contributed by atoms with van der Waals surface area (Å²) in [5, 5.41) is 21.2. The summed E-state index contributed by atoms with van der Waals surface area (Å²) >= 11 is 0. The smallest absolute Gasteiger partial charge is 0.126 e. The zero-order chi connectivity index (χ0) is 22.4. The van der Waals surface area contributed by atoms with Crippen LogP contribution in [-0.2, 0) is 6.42 Å². The number of aliphatic hydroxyl groups excluding tert-OH is 2. The predicted molar refractivity (Wildman–Crippen MR) is 126 cm³/mol. The Bertz CT molecular complexity index is 806. The zero-order valence-corrected chi connectivity index (χ0v) is 19.6. The van der Waals surface area contributed by atoms with Crippen molar-refractivity contribution in [3.8, 4) is 17.6 Å². The lowest BCUT2D eigenvalue weighted by atomic mass is 9.86. The van der Waals surface area contributed by atoms with Gasteiger partial charge >= 0.3 is 0 Å². The van der Waals surface area contributed by atoms with E-state index in [1.807, 2.05) is 26.0 Å². The number of aliphatic hydroxyl groups is 2. The van der Waals surface area contributed by atoms with Crippen molar-refractivity contribution < 1.29 is 14.9 Å². The number of ether oxygens (including phenoxy) is 1. The van der Waals surface area contributed by atoms with E-state index in [1.165, 1.54) is 30.4 Å². The van der Waals surface area contributed by atoms with Crippen molar-refractivity contribution in [2.75, 3.05) is 20.6 Å². The normalized spacial score (nSPS) is 26.3. The van der Waals surface area contributed by atoms with Crippen LogP contribution < -0.4 is 4.74 Å². The largest absolute Gasteiger partial charge is 0.489 e. The molecule has 0 aromatic heterocycles. The summed E-state index contributed by atoms with van der Waals surface area (Å²) in [6.07, 6.45) is 8.86. The third-order valence-electron chi connectivity index (χ3n) is 6.75. The minimum atomic E-state index is -0.553. The minimum Gasteiger partial charge on any atom is -0.489 e. The monoisotopic (exact) mass is 425 g/mol. The van der Waals surface area contributed by atoms with E-state index in [4.69, 9.17) is 4.74 Å². The van der Waals surface area contributed by atoms with Gasteiger partial charge < -0.3 is 19.8 Å². The highest BCUT2D eigenvalue weighted by atomic mass is 16.5. The van der Waals surface area contributed by atoms with Crippen molar-refractivity contribution >= 4 is 0 Å². The quantitative estimate of drug-likeness (QED) is 0.336. The Morgan fingerprint density at radius 1 is 1.26 bits per heavy atom. The summed E-state index contributed by atoms with van der Waals surface area (Å²) in [7, 11) is 4.24. The third-order valence-corrected chi connectivity index (χ3v) is 6.75.